The predicted octanol–water partition coefficient (Wildman–Crippen LogP) is 3.04. The van der Waals surface area contributed by atoms with E-state index in [1.807, 2.05) is 35.7 Å². The Kier molecular flexibility index (Phi) is 5.05. The molecule has 0 amide bonds. The number of ether oxygens (including phenoxy) is 1. The lowest BCUT2D eigenvalue weighted by Gasteiger charge is -2.30. The van der Waals surface area contributed by atoms with E-state index in [4.69, 9.17) is 4.74 Å². The molecule has 1 aliphatic rings. The lowest BCUT2D eigenvalue weighted by atomic mass is 9.97. The Bertz CT molecular complexity index is 1000. The maximum atomic E-state index is 12.7. The van der Waals surface area contributed by atoms with Crippen LogP contribution in [0.25, 0.3) is 21.3 Å². The third kappa shape index (κ3) is 3.65. The molecule has 7 heteroatoms. The average Bonchev–Trinajstić information content (AvgIpc) is 3.13. The molecule has 4 rings (SSSR count). The molecule has 1 saturated heterocycles. The molecule has 0 saturated carbocycles. The van der Waals surface area contributed by atoms with Crippen molar-refractivity contribution in [1.29, 1.82) is 0 Å². The average molecular weight is 383 g/mol. The highest BCUT2D eigenvalue weighted by Crippen LogP contribution is 2.30. The second-order valence-electron chi connectivity index (χ2n) is 6.78. The van der Waals surface area contributed by atoms with Crippen molar-refractivity contribution in [2.24, 2.45) is 5.92 Å². The molecule has 140 valence electrons. The van der Waals surface area contributed by atoms with Crippen LogP contribution in [0.2, 0.25) is 0 Å². The molecule has 3 heterocycles. The molecule has 0 spiro atoms. The van der Waals surface area contributed by atoms with Gasteiger partial charge in [-0.25, -0.2) is 4.98 Å². The molecule has 2 aromatic heterocycles. The molecular weight excluding hydrogens is 362 g/mol. The minimum absolute atomic E-state index is 0.0218. The topological polar surface area (TPSA) is 75.3 Å². The molecule has 1 aliphatic heterocycles. The Morgan fingerprint density at radius 3 is 2.74 bits per heavy atom. The first-order valence-electron chi connectivity index (χ1n) is 9.01. The third-order valence-electron chi connectivity index (χ3n) is 5.07. The Morgan fingerprint density at radius 1 is 1.30 bits per heavy atom. The molecule has 0 aliphatic carbocycles. The normalized spacial score (nSPS) is 15.9. The summed E-state index contributed by atoms with van der Waals surface area (Å²) >= 11 is 1.50. The number of benzene rings is 1. The van der Waals surface area contributed by atoms with Crippen LogP contribution < -0.4 is 5.56 Å². The van der Waals surface area contributed by atoms with Gasteiger partial charge in [0.25, 0.3) is 5.56 Å². The molecule has 6 nitrogen and oxygen atoms in total. The largest absolute Gasteiger partial charge is 0.469 e. The molecule has 0 radical (unpaired) electrons. The summed E-state index contributed by atoms with van der Waals surface area (Å²) in [6.07, 6.45) is 1.55. The SMILES string of the molecule is COC(=O)C1CCN(Cc2nc3scc(-c4ccccc4)c3c(=O)[nH]2)CC1. The number of aromatic nitrogens is 2. The number of hydrogen-bond acceptors (Lipinski definition) is 6. The van der Waals surface area contributed by atoms with Crippen molar-refractivity contribution in [3.05, 3.63) is 51.9 Å². The second kappa shape index (κ2) is 7.62. The van der Waals surface area contributed by atoms with Crippen LogP contribution in [0.3, 0.4) is 0 Å². The number of nitrogens with one attached hydrogen (secondary N) is 1. The van der Waals surface area contributed by atoms with Gasteiger partial charge in [0.1, 0.15) is 10.7 Å². The van der Waals surface area contributed by atoms with Gasteiger partial charge in [-0.2, -0.15) is 0 Å². The zero-order valence-corrected chi connectivity index (χ0v) is 15.9. The number of esters is 1. The highest BCUT2D eigenvalue weighted by molar-refractivity contribution is 7.17. The van der Waals surface area contributed by atoms with Gasteiger partial charge in [-0.3, -0.25) is 14.5 Å². The zero-order valence-electron chi connectivity index (χ0n) is 15.1. The van der Waals surface area contributed by atoms with Crippen LogP contribution in [0, 0.1) is 5.92 Å². The van der Waals surface area contributed by atoms with E-state index in [1.165, 1.54) is 18.4 Å². The number of hydrogen-bond donors (Lipinski definition) is 1. The first kappa shape index (κ1) is 17.9. The number of thiophene rings is 1. The molecule has 0 atom stereocenters. The maximum Gasteiger partial charge on any atom is 0.308 e. The third-order valence-corrected chi connectivity index (χ3v) is 5.95. The summed E-state index contributed by atoms with van der Waals surface area (Å²) in [6, 6.07) is 9.89. The fourth-order valence-electron chi connectivity index (χ4n) is 3.60. The van der Waals surface area contributed by atoms with Crippen LogP contribution in [0.5, 0.6) is 0 Å². The van der Waals surface area contributed by atoms with E-state index in [0.29, 0.717) is 17.8 Å². The van der Waals surface area contributed by atoms with Gasteiger partial charge in [0.15, 0.2) is 0 Å². The summed E-state index contributed by atoms with van der Waals surface area (Å²) < 4.78 is 4.83. The highest BCUT2D eigenvalue weighted by atomic mass is 32.1. The summed E-state index contributed by atoms with van der Waals surface area (Å²) in [6.45, 7) is 2.17. The quantitative estimate of drug-likeness (QED) is 0.701. The number of carbonyl (C=O) groups excluding carboxylic acids is 1. The number of methoxy groups -OCH3 is 1. The van der Waals surface area contributed by atoms with Gasteiger partial charge in [0.05, 0.1) is 25.0 Å². The fourth-order valence-corrected chi connectivity index (χ4v) is 4.57. The van der Waals surface area contributed by atoms with Crippen molar-refractivity contribution in [3.8, 4) is 11.1 Å². The summed E-state index contributed by atoms with van der Waals surface area (Å²) in [7, 11) is 1.43. The summed E-state index contributed by atoms with van der Waals surface area (Å²) in [5.41, 5.74) is 1.85. The van der Waals surface area contributed by atoms with Gasteiger partial charge < -0.3 is 9.72 Å². The maximum absolute atomic E-state index is 12.7. The molecule has 1 N–H and O–H groups in total. The van der Waals surface area contributed by atoms with Gasteiger partial charge in [-0.1, -0.05) is 30.3 Å². The number of piperidine rings is 1. The van der Waals surface area contributed by atoms with Gasteiger partial charge in [-0.15, -0.1) is 11.3 Å². The molecule has 27 heavy (non-hydrogen) atoms. The van der Waals surface area contributed by atoms with E-state index < -0.39 is 0 Å². The standard InChI is InChI=1S/C20H21N3O3S/c1-26-20(25)14-7-9-23(10-8-14)11-16-21-18(24)17-15(12-27-19(17)22-16)13-5-3-2-4-6-13/h2-6,12,14H,7-11H2,1H3,(H,21,22,24). The Balaban J connectivity index is 1.53. The lowest BCUT2D eigenvalue weighted by molar-refractivity contribution is -0.147. The van der Waals surface area contributed by atoms with E-state index in [9.17, 15) is 9.59 Å². The number of fused-ring (bicyclic) bond motifs is 1. The number of rotatable bonds is 4. The monoisotopic (exact) mass is 383 g/mol. The second-order valence-corrected chi connectivity index (χ2v) is 7.64. The molecule has 0 bridgehead atoms. The molecule has 1 aromatic carbocycles. The van der Waals surface area contributed by atoms with E-state index in [1.54, 1.807) is 0 Å². The summed E-state index contributed by atoms with van der Waals surface area (Å²) in [4.78, 5) is 35.0. The van der Waals surface area contributed by atoms with Crippen LogP contribution >= 0.6 is 11.3 Å². The van der Waals surface area contributed by atoms with Crippen LogP contribution in [-0.2, 0) is 16.1 Å². The van der Waals surface area contributed by atoms with Crippen molar-refractivity contribution >= 4 is 27.5 Å². The Hall–Kier alpha value is -2.51. The predicted molar refractivity (Wildman–Crippen MR) is 106 cm³/mol. The van der Waals surface area contributed by atoms with Gasteiger partial charge in [-0.05, 0) is 31.5 Å². The van der Waals surface area contributed by atoms with E-state index in [2.05, 4.69) is 14.9 Å². The summed E-state index contributed by atoms with van der Waals surface area (Å²) in [5.74, 6) is 0.520. The van der Waals surface area contributed by atoms with Crippen LogP contribution in [-0.4, -0.2) is 41.0 Å². The van der Waals surface area contributed by atoms with Crippen molar-refractivity contribution in [2.45, 2.75) is 19.4 Å². The van der Waals surface area contributed by atoms with Crippen molar-refractivity contribution in [2.75, 3.05) is 20.2 Å². The minimum atomic E-state index is -0.130. The minimum Gasteiger partial charge on any atom is -0.469 e. The van der Waals surface area contributed by atoms with Gasteiger partial charge in [0, 0.05) is 10.9 Å². The first-order chi connectivity index (χ1) is 13.2. The van der Waals surface area contributed by atoms with E-state index >= 15 is 0 Å². The van der Waals surface area contributed by atoms with Crippen LogP contribution in [0.1, 0.15) is 18.7 Å². The smallest absolute Gasteiger partial charge is 0.308 e. The van der Waals surface area contributed by atoms with Crippen molar-refractivity contribution in [1.82, 2.24) is 14.9 Å². The van der Waals surface area contributed by atoms with Gasteiger partial charge >= 0.3 is 5.97 Å². The van der Waals surface area contributed by atoms with Crippen LogP contribution in [0.4, 0.5) is 0 Å². The molecule has 0 unspecified atom stereocenters. The number of nitrogens with zero attached hydrogens (tertiary/aromatic N) is 2. The number of H-pyrrole nitrogens is 1. The van der Waals surface area contributed by atoms with E-state index in [-0.39, 0.29) is 17.4 Å². The number of aromatic amines is 1. The zero-order chi connectivity index (χ0) is 18.8. The number of likely N-dealkylation sites (tertiary alicyclic amines) is 1. The van der Waals surface area contributed by atoms with Crippen molar-refractivity contribution in [3.63, 3.8) is 0 Å². The van der Waals surface area contributed by atoms with Gasteiger partial charge in [0.2, 0.25) is 0 Å². The molecule has 1 fully saturated rings. The Labute approximate surface area is 160 Å². The van der Waals surface area contributed by atoms with Crippen molar-refractivity contribution < 1.29 is 9.53 Å². The molecule has 3 aromatic rings. The highest BCUT2D eigenvalue weighted by Gasteiger charge is 2.26. The van der Waals surface area contributed by atoms with E-state index in [0.717, 1.165) is 41.9 Å². The number of carbonyl (C=O) groups is 1. The van der Waals surface area contributed by atoms with Crippen LogP contribution in [0.15, 0.2) is 40.5 Å². The fraction of sp³-hybridized carbons (Fsp3) is 0.350. The summed E-state index contributed by atoms with van der Waals surface area (Å²) in [5, 5.41) is 2.65. The first-order valence-corrected chi connectivity index (χ1v) is 9.89. The lowest BCUT2D eigenvalue weighted by Crippen LogP contribution is -2.37. The Morgan fingerprint density at radius 2 is 2.04 bits per heavy atom. The molecular formula is C20H21N3O3S.